The zero-order valence-electron chi connectivity index (χ0n) is 16.5. The molecule has 7 heteroatoms. The smallest absolute Gasteiger partial charge is 0.262 e. The van der Waals surface area contributed by atoms with E-state index in [4.69, 9.17) is 0 Å². The molecule has 4 rings (SSSR count). The second-order valence-electron chi connectivity index (χ2n) is 7.11. The highest BCUT2D eigenvalue weighted by molar-refractivity contribution is 7.99. The predicted octanol–water partition coefficient (Wildman–Crippen LogP) is 5.23. The third-order valence-corrected chi connectivity index (χ3v) is 6.19. The van der Waals surface area contributed by atoms with Crippen molar-refractivity contribution in [3.63, 3.8) is 0 Å². The fourth-order valence-electron chi connectivity index (χ4n) is 3.49. The minimum absolute atomic E-state index is 0.0280. The van der Waals surface area contributed by atoms with E-state index < -0.39 is 0 Å². The number of hydrogen-bond acceptors (Lipinski definition) is 4. The lowest BCUT2D eigenvalue weighted by atomic mass is 10.2. The second kappa shape index (κ2) is 8.37. The number of thioether (sulfide) groups is 1. The van der Waals surface area contributed by atoms with Crippen LogP contribution in [0.4, 0.5) is 4.39 Å². The van der Waals surface area contributed by atoms with E-state index >= 15 is 0 Å². The first kappa shape index (κ1) is 19.6. The average Bonchev–Trinajstić information content (AvgIpc) is 3.14. The monoisotopic (exact) mass is 410 g/mol. The van der Waals surface area contributed by atoms with Crippen LogP contribution >= 0.6 is 11.8 Å². The third-order valence-electron chi connectivity index (χ3n) is 5.09. The van der Waals surface area contributed by atoms with Gasteiger partial charge in [-0.05, 0) is 43.2 Å². The van der Waals surface area contributed by atoms with Gasteiger partial charge in [-0.15, -0.1) is 10.2 Å². The van der Waals surface area contributed by atoms with Gasteiger partial charge in [0.15, 0.2) is 5.16 Å². The summed E-state index contributed by atoms with van der Waals surface area (Å²) in [5.74, 6) is 0.319. The maximum absolute atomic E-state index is 13.3. The minimum Gasteiger partial charge on any atom is -0.276 e. The number of rotatable bonds is 7. The van der Waals surface area contributed by atoms with Crippen LogP contribution in [0.1, 0.15) is 43.9 Å². The minimum atomic E-state index is -0.249. The van der Waals surface area contributed by atoms with E-state index in [9.17, 15) is 9.18 Å². The lowest BCUT2D eigenvalue weighted by molar-refractivity contribution is 0.594. The number of benzene rings is 2. The van der Waals surface area contributed by atoms with E-state index in [-0.39, 0.29) is 16.6 Å². The van der Waals surface area contributed by atoms with E-state index in [0.717, 1.165) is 35.5 Å². The molecule has 0 aliphatic heterocycles. The molecular weight excluding hydrogens is 387 g/mol. The number of nitrogens with zero attached hydrogens (tertiary/aromatic N) is 4. The van der Waals surface area contributed by atoms with Gasteiger partial charge >= 0.3 is 0 Å². The third kappa shape index (κ3) is 3.79. The van der Waals surface area contributed by atoms with Gasteiger partial charge in [0.25, 0.3) is 5.56 Å². The van der Waals surface area contributed by atoms with Crippen molar-refractivity contribution in [2.24, 2.45) is 0 Å². The highest BCUT2D eigenvalue weighted by atomic mass is 32.2. The largest absolute Gasteiger partial charge is 0.276 e. The summed E-state index contributed by atoms with van der Waals surface area (Å²) in [6, 6.07) is 14.1. The molecule has 2 heterocycles. The van der Waals surface area contributed by atoms with Crippen molar-refractivity contribution in [3.05, 3.63) is 70.3 Å². The van der Waals surface area contributed by atoms with Crippen molar-refractivity contribution in [2.45, 2.75) is 50.1 Å². The lowest BCUT2D eigenvalue weighted by Gasteiger charge is -2.13. The van der Waals surface area contributed by atoms with Gasteiger partial charge in [-0.2, -0.15) is 0 Å². The first-order valence-corrected chi connectivity index (χ1v) is 10.8. The molecule has 29 heavy (non-hydrogen) atoms. The van der Waals surface area contributed by atoms with Crippen molar-refractivity contribution >= 4 is 28.4 Å². The molecular formula is C22H23FN4OS. The van der Waals surface area contributed by atoms with Crippen molar-refractivity contribution in [1.82, 2.24) is 19.2 Å². The van der Waals surface area contributed by atoms with Gasteiger partial charge in [-0.1, -0.05) is 55.8 Å². The van der Waals surface area contributed by atoms with Crippen LogP contribution in [0.5, 0.6) is 0 Å². The van der Waals surface area contributed by atoms with Gasteiger partial charge in [0.05, 0.1) is 10.9 Å². The van der Waals surface area contributed by atoms with E-state index in [1.54, 1.807) is 28.5 Å². The molecule has 0 bridgehead atoms. The number of aromatic nitrogens is 4. The fourth-order valence-corrected chi connectivity index (χ4v) is 4.47. The van der Waals surface area contributed by atoms with E-state index in [2.05, 4.69) is 24.0 Å². The molecule has 0 spiro atoms. The summed E-state index contributed by atoms with van der Waals surface area (Å²) in [4.78, 5) is 13.1. The normalized spacial score (nSPS) is 12.7. The Balaban J connectivity index is 1.81. The molecule has 0 aliphatic carbocycles. The van der Waals surface area contributed by atoms with E-state index in [1.165, 1.54) is 12.1 Å². The molecule has 0 radical (unpaired) electrons. The van der Waals surface area contributed by atoms with Crippen LogP contribution in [0.3, 0.4) is 0 Å². The van der Waals surface area contributed by atoms with Crippen LogP contribution in [-0.4, -0.2) is 19.2 Å². The Hall–Kier alpha value is -2.67. The van der Waals surface area contributed by atoms with Gasteiger partial charge in [-0.25, -0.2) is 4.39 Å². The number of para-hydroxylation sites is 1. The molecule has 150 valence electrons. The highest BCUT2D eigenvalue weighted by Crippen LogP contribution is 2.34. The van der Waals surface area contributed by atoms with Crippen molar-refractivity contribution in [2.75, 3.05) is 0 Å². The molecule has 0 fully saturated rings. The summed E-state index contributed by atoms with van der Waals surface area (Å²) in [6.07, 6.45) is 3.07. The molecule has 4 aromatic rings. The standard InChI is InChI=1S/C22H23FN4OS/c1-3-4-7-14-26-20(28)18-8-5-6-9-19(18)27-21(26)24-25-22(27)29-15(2)16-10-12-17(23)13-11-16/h5-6,8-13,15H,3-4,7,14H2,1-2H3. The second-order valence-corrected chi connectivity index (χ2v) is 8.42. The summed E-state index contributed by atoms with van der Waals surface area (Å²) in [6.45, 7) is 4.82. The number of hydrogen-bond donors (Lipinski definition) is 0. The molecule has 0 aliphatic rings. The van der Waals surface area contributed by atoms with Crippen molar-refractivity contribution in [3.8, 4) is 0 Å². The Labute approximate surface area is 172 Å². The molecule has 2 aromatic heterocycles. The maximum atomic E-state index is 13.3. The van der Waals surface area contributed by atoms with Crippen LogP contribution in [0.25, 0.3) is 16.7 Å². The Kier molecular flexibility index (Phi) is 5.67. The van der Waals surface area contributed by atoms with Crippen LogP contribution < -0.4 is 5.56 Å². The van der Waals surface area contributed by atoms with E-state index in [1.807, 2.05) is 28.7 Å². The maximum Gasteiger partial charge on any atom is 0.262 e. The summed E-state index contributed by atoms with van der Waals surface area (Å²) in [7, 11) is 0. The lowest BCUT2D eigenvalue weighted by Crippen LogP contribution is -2.23. The molecule has 0 saturated carbocycles. The number of halogens is 1. The molecule has 0 saturated heterocycles. The van der Waals surface area contributed by atoms with Gasteiger partial charge < -0.3 is 0 Å². The van der Waals surface area contributed by atoms with E-state index in [0.29, 0.717) is 17.7 Å². The quantitative estimate of drug-likeness (QED) is 0.309. The SMILES string of the molecule is CCCCCn1c(=O)c2ccccc2n2c(SC(C)c3ccc(F)cc3)nnc12. The topological polar surface area (TPSA) is 52.2 Å². The average molecular weight is 411 g/mol. The zero-order valence-corrected chi connectivity index (χ0v) is 17.3. The summed E-state index contributed by atoms with van der Waals surface area (Å²) < 4.78 is 17.0. The molecule has 0 N–H and O–H groups in total. The van der Waals surface area contributed by atoms with Crippen LogP contribution in [0, 0.1) is 5.82 Å². The molecule has 1 atom stereocenters. The van der Waals surface area contributed by atoms with Gasteiger partial charge in [0, 0.05) is 11.8 Å². The van der Waals surface area contributed by atoms with Crippen LogP contribution in [-0.2, 0) is 6.54 Å². The number of fused-ring (bicyclic) bond motifs is 3. The Morgan fingerprint density at radius 2 is 1.83 bits per heavy atom. The van der Waals surface area contributed by atoms with Gasteiger partial charge in [0.1, 0.15) is 5.82 Å². The first-order valence-electron chi connectivity index (χ1n) is 9.89. The summed E-state index contributed by atoms with van der Waals surface area (Å²) in [5, 5.41) is 10.2. The fraction of sp³-hybridized carbons (Fsp3) is 0.318. The summed E-state index contributed by atoms with van der Waals surface area (Å²) in [5.41, 5.74) is 1.78. The van der Waals surface area contributed by atoms with Gasteiger partial charge in [0.2, 0.25) is 5.78 Å². The number of aryl methyl sites for hydroxylation is 1. The molecule has 2 aromatic carbocycles. The molecule has 0 amide bonds. The molecule has 1 unspecified atom stereocenters. The van der Waals surface area contributed by atoms with Gasteiger partial charge in [-0.3, -0.25) is 13.8 Å². The number of unbranched alkanes of at least 4 members (excludes halogenated alkanes) is 2. The zero-order chi connectivity index (χ0) is 20.4. The summed E-state index contributed by atoms with van der Waals surface area (Å²) >= 11 is 1.55. The van der Waals surface area contributed by atoms with Crippen molar-refractivity contribution < 1.29 is 4.39 Å². The first-order chi connectivity index (χ1) is 14.1. The van der Waals surface area contributed by atoms with Crippen LogP contribution in [0.2, 0.25) is 0 Å². The van der Waals surface area contributed by atoms with Crippen molar-refractivity contribution in [1.29, 1.82) is 0 Å². The Bertz CT molecular complexity index is 1200. The molecule has 5 nitrogen and oxygen atoms in total. The highest BCUT2D eigenvalue weighted by Gasteiger charge is 2.19. The Morgan fingerprint density at radius 3 is 2.59 bits per heavy atom. The van der Waals surface area contributed by atoms with Crippen LogP contribution in [0.15, 0.2) is 58.5 Å². The predicted molar refractivity (Wildman–Crippen MR) is 115 cm³/mol. The Morgan fingerprint density at radius 1 is 1.07 bits per heavy atom.